The van der Waals surface area contributed by atoms with E-state index < -0.39 is 11.7 Å². The van der Waals surface area contributed by atoms with Gasteiger partial charge in [-0.1, -0.05) is 29.8 Å². The lowest BCUT2D eigenvalue weighted by molar-refractivity contribution is -0.137. The topological polar surface area (TPSA) is 38.0 Å². The molecule has 0 saturated heterocycles. The molecular formula is C13H12ClF3N2S. The molecule has 0 fully saturated rings. The van der Waals surface area contributed by atoms with Crippen LogP contribution in [0, 0.1) is 0 Å². The lowest BCUT2D eigenvalue weighted by atomic mass is 10.0. The van der Waals surface area contributed by atoms with Crippen molar-refractivity contribution in [1.82, 2.24) is 5.43 Å². The molecule has 0 bridgehead atoms. The van der Waals surface area contributed by atoms with Crippen LogP contribution in [0.2, 0.25) is 4.34 Å². The van der Waals surface area contributed by atoms with Gasteiger partial charge in [0.05, 0.1) is 15.9 Å². The van der Waals surface area contributed by atoms with Crippen molar-refractivity contribution in [1.29, 1.82) is 0 Å². The molecule has 0 aliphatic heterocycles. The number of thiophene rings is 1. The number of benzene rings is 1. The Bertz CT molecular complexity index is 583. The highest BCUT2D eigenvalue weighted by Gasteiger charge is 2.30. The van der Waals surface area contributed by atoms with Crippen molar-refractivity contribution < 1.29 is 13.2 Å². The van der Waals surface area contributed by atoms with Crippen LogP contribution in [0.25, 0.3) is 0 Å². The van der Waals surface area contributed by atoms with Gasteiger partial charge in [-0.2, -0.15) is 13.2 Å². The molecule has 2 aromatic rings. The minimum atomic E-state index is -4.34. The lowest BCUT2D eigenvalue weighted by Crippen LogP contribution is -2.29. The fraction of sp³-hybridized carbons (Fsp3) is 0.231. The third-order valence-corrected chi connectivity index (χ3v) is 4.18. The highest BCUT2D eigenvalue weighted by atomic mass is 35.5. The largest absolute Gasteiger partial charge is 0.416 e. The molecule has 0 saturated carbocycles. The predicted octanol–water partition coefficient (Wildman–Crippen LogP) is 4.17. The molecule has 20 heavy (non-hydrogen) atoms. The summed E-state index contributed by atoms with van der Waals surface area (Å²) in [7, 11) is 0. The normalized spacial score (nSPS) is 13.4. The van der Waals surface area contributed by atoms with Crippen LogP contribution in [0.3, 0.4) is 0 Å². The van der Waals surface area contributed by atoms with Gasteiger partial charge in [0.1, 0.15) is 0 Å². The molecule has 0 amide bonds. The molecule has 3 N–H and O–H groups in total. The second-order valence-electron chi connectivity index (χ2n) is 4.26. The molecule has 0 aliphatic carbocycles. The molecule has 0 spiro atoms. The summed E-state index contributed by atoms with van der Waals surface area (Å²) in [5.41, 5.74) is 2.51. The second-order valence-corrected chi connectivity index (χ2v) is 6.01. The zero-order valence-electron chi connectivity index (χ0n) is 10.2. The molecule has 7 heteroatoms. The number of hydrogen-bond acceptors (Lipinski definition) is 3. The minimum Gasteiger partial charge on any atom is -0.271 e. The molecule has 1 aromatic heterocycles. The van der Waals surface area contributed by atoms with Crippen LogP contribution in [0.15, 0.2) is 36.4 Å². The summed E-state index contributed by atoms with van der Waals surface area (Å²) >= 11 is 7.20. The molecular weight excluding hydrogens is 309 g/mol. The Morgan fingerprint density at radius 3 is 2.55 bits per heavy atom. The summed E-state index contributed by atoms with van der Waals surface area (Å²) in [6.07, 6.45) is -3.98. The molecule has 108 valence electrons. The molecule has 2 rings (SSSR count). The molecule has 2 nitrogen and oxygen atoms in total. The summed E-state index contributed by atoms with van der Waals surface area (Å²) in [6, 6.07) is 8.51. The Morgan fingerprint density at radius 1 is 1.25 bits per heavy atom. The maximum absolute atomic E-state index is 12.7. The Hall–Kier alpha value is -1.08. The number of rotatable bonds is 4. The fourth-order valence-electron chi connectivity index (χ4n) is 1.87. The van der Waals surface area contributed by atoms with Gasteiger partial charge in [-0.25, -0.2) is 0 Å². The van der Waals surface area contributed by atoms with E-state index in [9.17, 15) is 13.2 Å². The van der Waals surface area contributed by atoms with Gasteiger partial charge < -0.3 is 0 Å². The number of hydrogen-bond donors (Lipinski definition) is 2. The van der Waals surface area contributed by atoms with Crippen molar-refractivity contribution in [3.05, 3.63) is 56.7 Å². The molecule has 1 unspecified atom stereocenters. The third-order valence-electron chi connectivity index (χ3n) is 2.83. The van der Waals surface area contributed by atoms with Gasteiger partial charge in [0.25, 0.3) is 0 Å². The minimum absolute atomic E-state index is 0.268. The third kappa shape index (κ3) is 3.73. The SMILES string of the molecule is NNC(Cc1cccc(C(F)(F)F)c1)c1ccc(Cl)s1. The number of halogens is 4. The van der Waals surface area contributed by atoms with Crippen LogP contribution >= 0.6 is 22.9 Å². The average molecular weight is 321 g/mol. The summed E-state index contributed by atoms with van der Waals surface area (Å²) in [5.74, 6) is 5.48. The van der Waals surface area contributed by atoms with Crippen molar-refractivity contribution in [2.45, 2.75) is 18.6 Å². The fourth-order valence-corrected chi connectivity index (χ4v) is 2.99. The summed E-state index contributed by atoms with van der Waals surface area (Å²) in [4.78, 5) is 0.884. The van der Waals surface area contributed by atoms with Crippen molar-refractivity contribution >= 4 is 22.9 Å². The summed E-state index contributed by atoms with van der Waals surface area (Å²) in [6.45, 7) is 0. The van der Waals surface area contributed by atoms with Crippen LogP contribution in [-0.4, -0.2) is 0 Å². The Labute approximate surface area is 123 Å². The average Bonchev–Trinajstić information content (AvgIpc) is 2.82. The van der Waals surface area contributed by atoms with Gasteiger partial charge in [0.15, 0.2) is 0 Å². The molecule has 1 atom stereocenters. The standard InChI is InChI=1S/C13H12ClF3N2S/c14-12-5-4-11(20-12)10(19-18)7-8-2-1-3-9(6-8)13(15,16)17/h1-6,10,19H,7,18H2. The van der Waals surface area contributed by atoms with Crippen LogP contribution in [-0.2, 0) is 12.6 Å². The molecule has 0 aliphatic rings. The lowest BCUT2D eigenvalue weighted by Gasteiger charge is -2.15. The van der Waals surface area contributed by atoms with Gasteiger partial charge >= 0.3 is 6.18 Å². The van der Waals surface area contributed by atoms with E-state index >= 15 is 0 Å². The van der Waals surface area contributed by atoms with E-state index in [1.807, 2.05) is 6.07 Å². The van der Waals surface area contributed by atoms with E-state index in [0.29, 0.717) is 16.3 Å². The monoisotopic (exact) mass is 320 g/mol. The van der Waals surface area contributed by atoms with Crippen molar-refractivity contribution in [2.75, 3.05) is 0 Å². The van der Waals surface area contributed by atoms with Gasteiger partial charge in [-0.3, -0.25) is 11.3 Å². The van der Waals surface area contributed by atoms with E-state index in [1.165, 1.54) is 17.4 Å². The summed E-state index contributed by atoms with van der Waals surface area (Å²) < 4.78 is 38.6. The van der Waals surface area contributed by atoms with Crippen molar-refractivity contribution in [3.8, 4) is 0 Å². The van der Waals surface area contributed by atoms with Crippen LogP contribution in [0.4, 0.5) is 13.2 Å². The maximum Gasteiger partial charge on any atom is 0.416 e. The predicted molar refractivity (Wildman–Crippen MR) is 74.5 cm³/mol. The quantitative estimate of drug-likeness (QED) is 0.655. The van der Waals surface area contributed by atoms with Crippen LogP contribution in [0.5, 0.6) is 0 Å². The molecule has 0 radical (unpaired) electrons. The van der Waals surface area contributed by atoms with Crippen molar-refractivity contribution in [3.63, 3.8) is 0 Å². The molecule has 1 aromatic carbocycles. The number of nitrogens with one attached hydrogen (secondary N) is 1. The number of nitrogens with two attached hydrogens (primary N) is 1. The van der Waals surface area contributed by atoms with Crippen LogP contribution in [0.1, 0.15) is 22.0 Å². The van der Waals surface area contributed by atoms with Gasteiger partial charge in [0.2, 0.25) is 0 Å². The first-order chi connectivity index (χ1) is 9.40. The highest BCUT2D eigenvalue weighted by molar-refractivity contribution is 7.16. The van der Waals surface area contributed by atoms with E-state index in [0.717, 1.165) is 17.0 Å². The Morgan fingerprint density at radius 2 is 2.00 bits per heavy atom. The molecule has 1 heterocycles. The van der Waals surface area contributed by atoms with E-state index in [2.05, 4.69) is 5.43 Å². The maximum atomic E-state index is 12.7. The van der Waals surface area contributed by atoms with Gasteiger partial charge in [-0.05, 0) is 30.2 Å². The smallest absolute Gasteiger partial charge is 0.271 e. The van der Waals surface area contributed by atoms with E-state index in [4.69, 9.17) is 17.4 Å². The van der Waals surface area contributed by atoms with Gasteiger partial charge in [0, 0.05) is 4.88 Å². The highest BCUT2D eigenvalue weighted by Crippen LogP contribution is 2.32. The van der Waals surface area contributed by atoms with E-state index in [1.54, 1.807) is 12.1 Å². The van der Waals surface area contributed by atoms with Crippen molar-refractivity contribution in [2.24, 2.45) is 5.84 Å². The van der Waals surface area contributed by atoms with Crippen LogP contribution < -0.4 is 11.3 Å². The first kappa shape index (κ1) is 15.3. The Balaban J connectivity index is 2.20. The van der Waals surface area contributed by atoms with Gasteiger partial charge in [-0.15, -0.1) is 11.3 Å². The number of hydrazine groups is 1. The summed E-state index contributed by atoms with van der Waals surface area (Å²) in [5, 5.41) is 0. The first-order valence-corrected chi connectivity index (χ1v) is 6.97. The first-order valence-electron chi connectivity index (χ1n) is 5.77. The number of alkyl halides is 3. The van der Waals surface area contributed by atoms with E-state index in [-0.39, 0.29) is 6.04 Å². The Kier molecular flexibility index (Phi) is 4.70. The second kappa shape index (κ2) is 6.13. The zero-order valence-corrected chi connectivity index (χ0v) is 11.8. The zero-order chi connectivity index (χ0) is 14.8.